The zero-order valence-electron chi connectivity index (χ0n) is 15.5. The average Bonchev–Trinajstić information content (AvgIpc) is 2.62. The van der Waals surface area contributed by atoms with Gasteiger partial charge in [-0.1, -0.05) is 18.6 Å². The van der Waals surface area contributed by atoms with Gasteiger partial charge in [-0.15, -0.1) is 49.6 Å². The van der Waals surface area contributed by atoms with E-state index in [2.05, 4.69) is 15.6 Å². The molecular weight excluding hydrogens is 464 g/mol. The first-order chi connectivity index (χ1) is 12.1. The SMILES string of the molecule is Cl.Cl.Cl.Cl.O=C(CN1CCCCC1)NC(=O)NCn1cnc2ccccc2c1=O. The number of nitrogens with one attached hydrogen (secondary N) is 2. The second kappa shape index (κ2) is 14.4. The summed E-state index contributed by atoms with van der Waals surface area (Å²) in [5, 5.41) is 5.27. The number of likely N-dealkylation sites (tertiary alicyclic amines) is 1. The van der Waals surface area contributed by atoms with E-state index >= 15 is 0 Å². The van der Waals surface area contributed by atoms with E-state index in [1.54, 1.807) is 24.3 Å². The van der Waals surface area contributed by atoms with Crippen LogP contribution in [0.5, 0.6) is 0 Å². The molecule has 0 aliphatic carbocycles. The van der Waals surface area contributed by atoms with E-state index < -0.39 is 6.03 Å². The van der Waals surface area contributed by atoms with Gasteiger partial charge in [0.2, 0.25) is 5.91 Å². The predicted molar refractivity (Wildman–Crippen MR) is 122 cm³/mol. The number of imide groups is 1. The highest BCUT2D eigenvalue weighted by Gasteiger charge is 2.15. The summed E-state index contributed by atoms with van der Waals surface area (Å²) in [4.78, 5) is 42.2. The molecule has 0 unspecified atom stereocenters. The first-order valence-corrected chi connectivity index (χ1v) is 8.38. The Labute approximate surface area is 193 Å². The molecule has 2 N–H and O–H groups in total. The number of hydrogen-bond donors (Lipinski definition) is 2. The lowest BCUT2D eigenvalue weighted by Gasteiger charge is -2.25. The minimum atomic E-state index is -0.623. The molecule has 0 bridgehead atoms. The number of carbonyl (C=O) groups excluding carboxylic acids is 2. The van der Waals surface area contributed by atoms with Crippen molar-refractivity contribution >= 4 is 72.5 Å². The maximum Gasteiger partial charge on any atom is 0.322 e. The number of hydrogen-bond acceptors (Lipinski definition) is 5. The molecule has 2 heterocycles. The van der Waals surface area contributed by atoms with Crippen LogP contribution in [0.25, 0.3) is 10.9 Å². The summed E-state index contributed by atoms with van der Waals surface area (Å²) in [6.45, 7) is 1.92. The molecule has 1 saturated heterocycles. The number of rotatable bonds is 4. The van der Waals surface area contributed by atoms with Gasteiger partial charge >= 0.3 is 6.03 Å². The van der Waals surface area contributed by atoms with Crippen LogP contribution in [0.3, 0.4) is 0 Å². The molecule has 1 aromatic heterocycles. The third-order valence-corrected chi connectivity index (χ3v) is 4.21. The van der Waals surface area contributed by atoms with Crippen molar-refractivity contribution in [2.45, 2.75) is 25.9 Å². The van der Waals surface area contributed by atoms with Crippen molar-refractivity contribution in [1.29, 1.82) is 0 Å². The fourth-order valence-electron chi connectivity index (χ4n) is 2.91. The summed E-state index contributed by atoms with van der Waals surface area (Å²) >= 11 is 0. The van der Waals surface area contributed by atoms with Crippen molar-refractivity contribution in [3.8, 4) is 0 Å². The molecule has 164 valence electrons. The minimum absolute atomic E-state index is 0. The van der Waals surface area contributed by atoms with Crippen LogP contribution in [0, 0.1) is 0 Å². The molecular formula is C17H25Cl4N5O3. The fourth-order valence-corrected chi connectivity index (χ4v) is 2.91. The maximum atomic E-state index is 12.3. The van der Waals surface area contributed by atoms with Gasteiger partial charge in [-0.05, 0) is 38.1 Å². The van der Waals surface area contributed by atoms with Gasteiger partial charge < -0.3 is 5.32 Å². The first kappa shape index (κ1) is 29.6. The Morgan fingerprint density at radius 1 is 1.00 bits per heavy atom. The second-order valence-electron chi connectivity index (χ2n) is 6.09. The Morgan fingerprint density at radius 2 is 1.66 bits per heavy atom. The number of benzene rings is 1. The van der Waals surface area contributed by atoms with Crippen LogP contribution in [0.15, 0.2) is 35.4 Å². The van der Waals surface area contributed by atoms with E-state index in [0.717, 1.165) is 25.9 Å². The number of amides is 3. The van der Waals surface area contributed by atoms with Gasteiger partial charge in [-0.2, -0.15) is 0 Å². The molecule has 0 spiro atoms. The van der Waals surface area contributed by atoms with Crippen molar-refractivity contribution in [3.63, 3.8) is 0 Å². The van der Waals surface area contributed by atoms with Gasteiger partial charge in [0.1, 0.15) is 6.67 Å². The Bertz CT molecular complexity index is 843. The molecule has 29 heavy (non-hydrogen) atoms. The molecule has 3 rings (SSSR count). The summed E-state index contributed by atoms with van der Waals surface area (Å²) in [7, 11) is 0. The summed E-state index contributed by atoms with van der Waals surface area (Å²) in [6, 6.07) is 6.37. The zero-order chi connectivity index (χ0) is 17.6. The number of urea groups is 1. The van der Waals surface area contributed by atoms with Crippen molar-refractivity contribution in [3.05, 3.63) is 40.9 Å². The quantitative estimate of drug-likeness (QED) is 0.688. The van der Waals surface area contributed by atoms with Gasteiger partial charge in [-0.25, -0.2) is 9.78 Å². The molecule has 1 aromatic carbocycles. The van der Waals surface area contributed by atoms with Crippen molar-refractivity contribution in [2.75, 3.05) is 19.6 Å². The normalized spacial score (nSPS) is 13.0. The maximum absolute atomic E-state index is 12.3. The lowest BCUT2D eigenvalue weighted by Crippen LogP contribution is -2.46. The van der Waals surface area contributed by atoms with Crippen LogP contribution in [-0.2, 0) is 11.5 Å². The number of piperidine rings is 1. The number of carbonyl (C=O) groups is 2. The molecule has 8 nitrogen and oxygen atoms in total. The molecule has 3 amide bonds. The third-order valence-electron chi connectivity index (χ3n) is 4.21. The Hall–Kier alpha value is -1.58. The van der Waals surface area contributed by atoms with E-state index in [9.17, 15) is 14.4 Å². The highest BCUT2D eigenvalue weighted by atomic mass is 35.5. The van der Waals surface area contributed by atoms with Crippen LogP contribution in [0.1, 0.15) is 19.3 Å². The molecule has 0 radical (unpaired) electrons. The van der Waals surface area contributed by atoms with Crippen LogP contribution >= 0.6 is 49.6 Å². The van der Waals surface area contributed by atoms with E-state index in [4.69, 9.17) is 0 Å². The minimum Gasteiger partial charge on any atom is -0.320 e. The molecule has 1 aliphatic heterocycles. The number of halogens is 4. The molecule has 12 heteroatoms. The van der Waals surface area contributed by atoms with Gasteiger partial charge in [-0.3, -0.25) is 24.4 Å². The van der Waals surface area contributed by atoms with E-state index in [1.807, 2.05) is 4.90 Å². The van der Waals surface area contributed by atoms with Crippen LogP contribution in [-0.4, -0.2) is 46.0 Å². The molecule has 2 aromatic rings. The monoisotopic (exact) mass is 487 g/mol. The molecule has 0 saturated carbocycles. The predicted octanol–water partition coefficient (Wildman–Crippen LogP) is 2.35. The van der Waals surface area contributed by atoms with Gasteiger partial charge in [0.15, 0.2) is 0 Å². The Balaban J connectivity index is 0. The Morgan fingerprint density at radius 3 is 2.34 bits per heavy atom. The average molecular weight is 489 g/mol. The zero-order valence-corrected chi connectivity index (χ0v) is 18.8. The number of aromatic nitrogens is 2. The summed E-state index contributed by atoms with van der Waals surface area (Å²) < 4.78 is 1.29. The number of fused-ring (bicyclic) bond motifs is 1. The van der Waals surface area contributed by atoms with E-state index in [-0.39, 0.29) is 74.3 Å². The summed E-state index contributed by atoms with van der Waals surface area (Å²) in [6.07, 6.45) is 4.72. The van der Waals surface area contributed by atoms with Gasteiger partial charge in [0.25, 0.3) is 5.56 Å². The van der Waals surface area contributed by atoms with E-state index in [0.29, 0.717) is 10.9 Å². The van der Waals surface area contributed by atoms with Crippen LogP contribution in [0.2, 0.25) is 0 Å². The number of para-hydroxylation sites is 1. The smallest absolute Gasteiger partial charge is 0.320 e. The third kappa shape index (κ3) is 8.36. The van der Waals surface area contributed by atoms with Gasteiger partial charge in [0, 0.05) is 0 Å². The van der Waals surface area contributed by atoms with E-state index in [1.165, 1.54) is 17.3 Å². The fraction of sp³-hybridized carbons (Fsp3) is 0.412. The topological polar surface area (TPSA) is 96.3 Å². The van der Waals surface area contributed by atoms with Crippen molar-refractivity contribution in [1.82, 2.24) is 25.1 Å². The van der Waals surface area contributed by atoms with Gasteiger partial charge in [0.05, 0.1) is 23.8 Å². The summed E-state index contributed by atoms with van der Waals surface area (Å²) in [5.74, 6) is -0.344. The highest BCUT2D eigenvalue weighted by Crippen LogP contribution is 2.07. The molecule has 0 atom stereocenters. The molecule has 1 aliphatic rings. The van der Waals surface area contributed by atoms with Crippen LogP contribution < -0.4 is 16.2 Å². The lowest BCUT2D eigenvalue weighted by atomic mass is 10.1. The first-order valence-electron chi connectivity index (χ1n) is 8.38. The second-order valence-corrected chi connectivity index (χ2v) is 6.09. The standard InChI is InChI=1S/C17H21N5O3.4ClH/c23-15(10-21-8-4-1-5-9-21)20-17(25)19-12-22-11-18-14-7-3-2-6-13(14)16(22)24;;;;/h2-3,6-7,11H,1,4-5,8-10,12H2,(H2,19,20,23,25);4*1H. The lowest BCUT2D eigenvalue weighted by molar-refractivity contribution is -0.121. The summed E-state index contributed by atoms with van der Waals surface area (Å²) in [5.41, 5.74) is 0.357. The highest BCUT2D eigenvalue weighted by molar-refractivity contribution is 5.95. The van der Waals surface area contributed by atoms with Crippen molar-refractivity contribution in [2.24, 2.45) is 0 Å². The largest absolute Gasteiger partial charge is 0.322 e. The number of nitrogens with zero attached hydrogens (tertiary/aromatic N) is 3. The molecule has 1 fully saturated rings. The Kier molecular flexibility index (Phi) is 14.7. The van der Waals surface area contributed by atoms with Crippen LogP contribution in [0.4, 0.5) is 4.79 Å². The van der Waals surface area contributed by atoms with Crippen molar-refractivity contribution < 1.29 is 9.59 Å².